The molecule has 0 radical (unpaired) electrons. The fraction of sp³-hybridized carbons (Fsp3) is 0.476. The van der Waals surface area contributed by atoms with Gasteiger partial charge >= 0.3 is 6.09 Å². The lowest BCUT2D eigenvalue weighted by Gasteiger charge is -2.22. The van der Waals surface area contributed by atoms with E-state index in [0.29, 0.717) is 17.9 Å². The number of aromatic amines is 1. The van der Waals surface area contributed by atoms with Crippen molar-refractivity contribution in [2.24, 2.45) is 5.92 Å². The Hall–Kier alpha value is -3.23. The van der Waals surface area contributed by atoms with Crippen LogP contribution in [0.1, 0.15) is 51.5 Å². The summed E-state index contributed by atoms with van der Waals surface area (Å²) >= 11 is 0. The Kier molecular flexibility index (Phi) is 7.31. The van der Waals surface area contributed by atoms with E-state index < -0.39 is 29.6 Å². The Morgan fingerprint density at radius 2 is 1.83 bits per heavy atom. The second-order valence-electron chi connectivity index (χ2n) is 8.38. The molecule has 0 fully saturated rings. The van der Waals surface area contributed by atoms with Crippen molar-refractivity contribution < 1.29 is 23.9 Å². The van der Waals surface area contributed by atoms with Crippen LogP contribution < -0.4 is 20.9 Å². The summed E-state index contributed by atoms with van der Waals surface area (Å²) in [5.41, 5.74) is 4.86. The first-order chi connectivity index (χ1) is 14.0. The van der Waals surface area contributed by atoms with Gasteiger partial charge in [-0.05, 0) is 51.3 Å². The van der Waals surface area contributed by atoms with Crippen molar-refractivity contribution in [3.05, 3.63) is 30.0 Å². The van der Waals surface area contributed by atoms with Crippen LogP contribution in [0.3, 0.4) is 0 Å². The average Bonchev–Trinajstić information content (AvgIpc) is 3.08. The highest BCUT2D eigenvalue weighted by atomic mass is 16.6. The molecule has 0 bridgehead atoms. The van der Waals surface area contributed by atoms with Crippen molar-refractivity contribution in [1.29, 1.82) is 0 Å². The van der Waals surface area contributed by atoms with E-state index in [1.54, 1.807) is 40.0 Å². The summed E-state index contributed by atoms with van der Waals surface area (Å²) < 4.78 is 10.4. The number of hydrogen-bond donors (Lipinski definition) is 4. The molecule has 164 valence electrons. The van der Waals surface area contributed by atoms with Crippen molar-refractivity contribution >= 4 is 28.8 Å². The summed E-state index contributed by atoms with van der Waals surface area (Å²) in [4.78, 5) is 40.1. The number of fused-ring (bicyclic) bond motifs is 1. The SMILES string of the molecule is COc1cccc2[nH]c(C(=O)NC(CC(C)C)C(=O)NNC(=O)OC(C)(C)C)cc12. The molecule has 2 aromatic rings. The fourth-order valence-corrected chi connectivity index (χ4v) is 2.87. The quantitative estimate of drug-likeness (QED) is 0.538. The number of methoxy groups -OCH3 is 1. The highest BCUT2D eigenvalue weighted by Crippen LogP contribution is 2.26. The minimum atomic E-state index is -0.847. The highest BCUT2D eigenvalue weighted by molar-refractivity contribution is 6.01. The Labute approximate surface area is 175 Å². The molecule has 2 rings (SSSR count). The fourth-order valence-electron chi connectivity index (χ4n) is 2.87. The van der Waals surface area contributed by atoms with Gasteiger partial charge in [0.25, 0.3) is 11.8 Å². The number of amides is 3. The molecule has 1 atom stereocenters. The molecule has 0 aliphatic carbocycles. The Bertz CT molecular complexity index is 914. The van der Waals surface area contributed by atoms with E-state index in [2.05, 4.69) is 21.2 Å². The van der Waals surface area contributed by atoms with Crippen molar-refractivity contribution in [2.75, 3.05) is 7.11 Å². The Balaban J connectivity index is 2.09. The smallest absolute Gasteiger partial charge is 0.426 e. The van der Waals surface area contributed by atoms with Crippen molar-refractivity contribution in [3.8, 4) is 5.75 Å². The second-order valence-corrected chi connectivity index (χ2v) is 8.38. The largest absolute Gasteiger partial charge is 0.496 e. The zero-order chi connectivity index (χ0) is 22.5. The van der Waals surface area contributed by atoms with Gasteiger partial charge in [0.1, 0.15) is 23.1 Å². The van der Waals surface area contributed by atoms with Crippen LogP contribution in [0, 0.1) is 5.92 Å². The minimum absolute atomic E-state index is 0.130. The van der Waals surface area contributed by atoms with E-state index in [0.717, 1.165) is 10.9 Å². The number of ether oxygens (including phenoxy) is 2. The molecule has 9 nitrogen and oxygen atoms in total. The first-order valence-corrected chi connectivity index (χ1v) is 9.75. The highest BCUT2D eigenvalue weighted by Gasteiger charge is 2.25. The number of hydrazine groups is 1. The maximum atomic E-state index is 12.8. The van der Waals surface area contributed by atoms with Crippen molar-refractivity contribution in [2.45, 2.75) is 52.7 Å². The van der Waals surface area contributed by atoms with Crippen LogP contribution in [0.5, 0.6) is 5.75 Å². The molecule has 0 saturated carbocycles. The molecule has 0 saturated heterocycles. The zero-order valence-electron chi connectivity index (χ0n) is 18.2. The first kappa shape index (κ1) is 23.1. The Morgan fingerprint density at radius 1 is 1.13 bits per heavy atom. The second kappa shape index (κ2) is 9.51. The molecule has 0 aliphatic heterocycles. The van der Waals surface area contributed by atoms with Gasteiger partial charge in [-0.2, -0.15) is 0 Å². The molecule has 1 heterocycles. The van der Waals surface area contributed by atoms with Gasteiger partial charge in [0.15, 0.2) is 0 Å². The van der Waals surface area contributed by atoms with E-state index in [1.165, 1.54) is 0 Å². The summed E-state index contributed by atoms with van der Waals surface area (Å²) in [5, 5.41) is 3.49. The van der Waals surface area contributed by atoms with Gasteiger partial charge in [-0.25, -0.2) is 10.2 Å². The normalized spacial score (nSPS) is 12.4. The molecule has 0 spiro atoms. The summed E-state index contributed by atoms with van der Waals surface area (Å²) in [7, 11) is 1.56. The van der Waals surface area contributed by atoms with Gasteiger partial charge in [-0.3, -0.25) is 15.0 Å². The number of carbonyl (C=O) groups excluding carboxylic acids is 3. The van der Waals surface area contributed by atoms with Crippen LogP contribution in [0.2, 0.25) is 0 Å². The van der Waals surface area contributed by atoms with E-state index in [1.807, 2.05) is 26.0 Å². The maximum Gasteiger partial charge on any atom is 0.426 e. The molecule has 30 heavy (non-hydrogen) atoms. The van der Waals surface area contributed by atoms with Crippen LogP contribution in [0.15, 0.2) is 24.3 Å². The first-order valence-electron chi connectivity index (χ1n) is 9.75. The topological polar surface area (TPSA) is 122 Å². The molecule has 4 N–H and O–H groups in total. The number of benzene rings is 1. The summed E-state index contributed by atoms with van der Waals surface area (Å²) in [6.45, 7) is 9.01. The number of H-pyrrole nitrogens is 1. The summed E-state index contributed by atoms with van der Waals surface area (Å²) in [5.74, 6) is -0.214. The lowest BCUT2D eigenvalue weighted by Crippen LogP contribution is -2.53. The third kappa shape index (κ3) is 6.40. The summed E-state index contributed by atoms with van der Waals surface area (Å²) in [6.07, 6.45) is -0.398. The maximum absolute atomic E-state index is 12.8. The van der Waals surface area contributed by atoms with E-state index in [-0.39, 0.29) is 5.92 Å². The predicted molar refractivity (Wildman–Crippen MR) is 113 cm³/mol. The third-order valence-corrected chi connectivity index (χ3v) is 4.10. The van der Waals surface area contributed by atoms with Gasteiger partial charge in [-0.1, -0.05) is 19.9 Å². The lowest BCUT2D eigenvalue weighted by atomic mass is 10.0. The van der Waals surface area contributed by atoms with Gasteiger partial charge in [0.2, 0.25) is 0 Å². The van der Waals surface area contributed by atoms with E-state index in [9.17, 15) is 14.4 Å². The number of hydrogen-bond acceptors (Lipinski definition) is 5. The van der Waals surface area contributed by atoms with Gasteiger partial charge in [0.05, 0.1) is 7.11 Å². The van der Waals surface area contributed by atoms with Gasteiger partial charge in [-0.15, -0.1) is 0 Å². The monoisotopic (exact) mass is 418 g/mol. The standard InChI is InChI=1S/C21H30N4O5/c1-12(2)10-15(19(27)24-25-20(28)30-21(3,4)5)23-18(26)16-11-13-14(22-16)8-7-9-17(13)29-6/h7-9,11-12,15,22H,10H2,1-6H3,(H,23,26)(H,24,27)(H,25,28). The molecular weight excluding hydrogens is 388 g/mol. The van der Waals surface area contributed by atoms with Crippen LogP contribution in [-0.2, 0) is 9.53 Å². The zero-order valence-corrected chi connectivity index (χ0v) is 18.2. The molecule has 0 aliphatic rings. The van der Waals surface area contributed by atoms with Gasteiger partial charge < -0.3 is 19.8 Å². The predicted octanol–water partition coefficient (Wildman–Crippen LogP) is 2.88. The third-order valence-electron chi connectivity index (χ3n) is 4.10. The lowest BCUT2D eigenvalue weighted by molar-refractivity contribution is -0.124. The van der Waals surface area contributed by atoms with Crippen LogP contribution in [-0.4, -0.2) is 41.6 Å². The molecule has 1 aromatic carbocycles. The average molecular weight is 418 g/mol. The van der Waals surface area contributed by atoms with Crippen LogP contribution in [0.25, 0.3) is 10.9 Å². The van der Waals surface area contributed by atoms with E-state index >= 15 is 0 Å². The number of aromatic nitrogens is 1. The van der Waals surface area contributed by atoms with Crippen molar-refractivity contribution in [3.63, 3.8) is 0 Å². The molecule has 3 amide bonds. The number of nitrogens with one attached hydrogen (secondary N) is 4. The summed E-state index contributed by atoms with van der Waals surface area (Å²) in [6, 6.07) is 6.27. The van der Waals surface area contributed by atoms with Gasteiger partial charge in [0, 0.05) is 10.9 Å². The number of carbonyl (C=O) groups is 3. The van der Waals surface area contributed by atoms with Crippen LogP contribution in [0.4, 0.5) is 4.79 Å². The number of rotatable bonds is 6. The molecule has 1 unspecified atom stereocenters. The molecular formula is C21H30N4O5. The molecule has 9 heteroatoms. The Morgan fingerprint density at radius 3 is 2.43 bits per heavy atom. The molecule has 1 aromatic heterocycles. The minimum Gasteiger partial charge on any atom is -0.496 e. The van der Waals surface area contributed by atoms with Crippen molar-refractivity contribution in [1.82, 2.24) is 21.2 Å². The van der Waals surface area contributed by atoms with E-state index in [4.69, 9.17) is 9.47 Å². The van der Waals surface area contributed by atoms with Crippen LogP contribution >= 0.6 is 0 Å².